The third-order valence-corrected chi connectivity index (χ3v) is 3.48. The summed E-state index contributed by atoms with van der Waals surface area (Å²) in [7, 11) is 0. The van der Waals surface area contributed by atoms with Crippen LogP contribution in [0.25, 0.3) is 0 Å². The van der Waals surface area contributed by atoms with Gasteiger partial charge in [0, 0.05) is 38.7 Å². The number of hydrogen-bond donors (Lipinski definition) is 2. The van der Waals surface area contributed by atoms with Gasteiger partial charge in [0.25, 0.3) is 0 Å². The second-order valence-corrected chi connectivity index (χ2v) is 4.91. The lowest BCUT2D eigenvalue weighted by molar-refractivity contribution is -0.130. The first kappa shape index (κ1) is 14.3. The van der Waals surface area contributed by atoms with Gasteiger partial charge < -0.3 is 15.1 Å². The number of ketones is 1. The molecular weight excluding hydrogens is 260 g/mol. The number of carbonyl (C=O) groups excluding carboxylic acids is 2. The maximum Gasteiger partial charge on any atom is 0.219 e. The maximum atomic E-state index is 12.1. The summed E-state index contributed by atoms with van der Waals surface area (Å²) in [5, 5.41) is 18.6. The minimum Gasteiger partial charge on any atom is -0.504 e. The molecule has 0 spiro atoms. The van der Waals surface area contributed by atoms with Gasteiger partial charge in [-0.05, 0) is 18.2 Å². The molecule has 0 saturated carbocycles. The van der Waals surface area contributed by atoms with Crippen molar-refractivity contribution in [3.8, 4) is 11.5 Å². The topological polar surface area (TPSA) is 81.1 Å². The van der Waals surface area contributed by atoms with Gasteiger partial charge >= 0.3 is 0 Å². The third-order valence-electron chi connectivity index (χ3n) is 3.48. The standard InChI is InChI=1S/C14H18N2O4/c1-10(17)16-6-4-15(5-7-16)9-14(20)11-2-3-12(18)13(19)8-11/h2-3,8,18-19H,4-7,9H2,1H3. The molecule has 0 atom stereocenters. The maximum absolute atomic E-state index is 12.1. The van der Waals surface area contributed by atoms with Crippen LogP contribution in [-0.2, 0) is 4.79 Å². The predicted octanol–water partition coefficient (Wildman–Crippen LogP) is 0.445. The van der Waals surface area contributed by atoms with Crippen molar-refractivity contribution in [2.75, 3.05) is 32.7 Å². The summed E-state index contributed by atoms with van der Waals surface area (Å²) in [4.78, 5) is 27.0. The predicted molar refractivity (Wildman–Crippen MR) is 72.8 cm³/mol. The second-order valence-electron chi connectivity index (χ2n) is 4.91. The molecule has 0 bridgehead atoms. The number of Topliss-reactive ketones (excluding diaryl/α,β-unsaturated/α-hetero) is 1. The van der Waals surface area contributed by atoms with E-state index in [1.54, 1.807) is 11.8 Å². The minimum absolute atomic E-state index is 0.0550. The lowest BCUT2D eigenvalue weighted by atomic mass is 10.1. The number of aromatic hydroxyl groups is 2. The number of carbonyl (C=O) groups is 2. The minimum atomic E-state index is -0.294. The van der Waals surface area contributed by atoms with E-state index in [2.05, 4.69) is 0 Å². The zero-order valence-electron chi connectivity index (χ0n) is 11.4. The molecule has 6 heteroatoms. The van der Waals surface area contributed by atoms with Gasteiger partial charge in [0.15, 0.2) is 17.3 Å². The number of amides is 1. The van der Waals surface area contributed by atoms with Crippen LogP contribution in [0.4, 0.5) is 0 Å². The molecule has 1 fully saturated rings. The van der Waals surface area contributed by atoms with E-state index in [1.165, 1.54) is 18.2 Å². The summed E-state index contributed by atoms with van der Waals surface area (Å²) in [5.74, 6) is -0.593. The lowest BCUT2D eigenvalue weighted by Crippen LogP contribution is -2.49. The monoisotopic (exact) mass is 278 g/mol. The van der Waals surface area contributed by atoms with Crippen molar-refractivity contribution < 1.29 is 19.8 Å². The fourth-order valence-electron chi connectivity index (χ4n) is 2.21. The third kappa shape index (κ3) is 3.27. The molecule has 1 aromatic rings. The van der Waals surface area contributed by atoms with Crippen molar-refractivity contribution >= 4 is 11.7 Å². The van der Waals surface area contributed by atoms with Crippen molar-refractivity contribution in [2.24, 2.45) is 0 Å². The van der Waals surface area contributed by atoms with E-state index in [1.807, 2.05) is 4.90 Å². The van der Waals surface area contributed by atoms with Crippen LogP contribution in [0.2, 0.25) is 0 Å². The first-order valence-corrected chi connectivity index (χ1v) is 6.50. The van der Waals surface area contributed by atoms with Crippen LogP contribution in [0.3, 0.4) is 0 Å². The summed E-state index contributed by atoms with van der Waals surface area (Å²) < 4.78 is 0. The molecule has 1 amide bonds. The molecule has 2 N–H and O–H groups in total. The van der Waals surface area contributed by atoms with Gasteiger partial charge in [-0.1, -0.05) is 0 Å². The molecule has 0 aliphatic carbocycles. The van der Waals surface area contributed by atoms with Crippen molar-refractivity contribution in [1.29, 1.82) is 0 Å². The number of hydrogen-bond acceptors (Lipinski definition) is 5. The Balaban J connectivity index is 1.92. The Kier molecular flexibility index (Phi) is 4.24. The zero-order chi connectivity index (χ0) is 14.7. The van der Waals surface area contributed by atoms with Gasteiger partial charge in [-0.3, -0.25) is 14.5 Å². The number of benzene rings is 1. The number of rotatable bonds is 3. The van der Waals surface area contributed by atoms with Crippen LogP contribution >= 0.6 is 0 Å². The molecule has 1 saturated heterocycles. The molecule has 1 aromatic carbocycles. The van der Waals surface area contributed by atoms with Crippen LogP contribution in [0.15, 0.2) is 18.2 Å². The van der Waals surface area contributed by atoms with Gasteiger partial charge in [-0.25, -0.2) is 0 Å². The largest absolute Gasteiger partial charge is 0.504 e. The molecule has 0 unspecified atom stereocenters. The molecular formula is C14H18N2O4. The molecule has 6 nitrogen and oxygen atoms in total. The van der Waals surface area contributed by atoms with Crippen LogP contribution in [0.1, 0.15) is 17.3 Å². The first-order valence-electron chi connectivity index (χ1n) is 6.50. The van der Waals surface area contributed by atoms with E-state index in [-0.39, 0.29) is 29.7 Å². The highest BCUT2D eigenvalue weighted by Crippen LogP contribution is 2.25. The van der Waals surface area contributed by atoms with Crippen molar-refractivity contribution in [3.05, 3.63) is 23.8 Å². The van der Waals surface area contributed by atoms with Crippen molar-refractivity contribution in [3.63, 3.8) is 0 Å². The molecule has 1 aliphatic rings. The second kappa shape index (κ2) is 5.92. The Bertz CT molecular complexity index is 522. The van der Waals surface area contributed by atoms with Gasteiger partial charge in [0.1, 0.15) is 0 Å². The van der Waals surface area contributed by atoms with Crippen LogP contribution in [0, 0.1) is 0 Å². The Morgan fingerprint density at radius 2 is 1.75 bits per heavy atom. The van der Waals surface area contributed by atoms with Crippen molar-refractivity contribution in [2.45, 2.75) is 6.92 Å². The molecule has 0 aromatic heterocycles. The summed E-state index contributed by atoms with van der Waals surface area (Å²) in [6.45, 7) is 4.37. The van der Waals surface area contributed by atoms with E-state index in [0.717, 1.165) is 0 Å². The van der Waals surface area contributed by atoms with Gasteiger partial charge in [0.05, 0.1) is 6.54 Å². The lowest BCUT2D eigenvalue weighted by Gasteiger charge is -2.33. The average molecular weight is 278 g/mol. The number of phenols is 2. The van der Waals surface area contributed by atoms with E-state index in [0.29, 0.717) is 31.7 Å². The van der Waals surface area contributed by atoms with Crippen LogP contribution in [-0.4, -0.2) is 64.4 Å². The molecule has 1 heterocycles. The number of piperazine rings is 1. The summed E-state index contributed by atoms with van der Waals surface area (Å²) in [6, 6.07) is 4.06. The SMILES string of the molecule is CC(=O)N1CCN(CC(=O)c2ccc(O)c(O)c2)CC1. The summed E-state index contributed by atoms with van der Waals surface area (Å²) >= 11 is 0. The van der Waals surface area contributed by atoms with Crippen molar-refractivity contribution in [1.82, 2.24) is 9.80 Å². The molecule has 20 heavy (non-hydrogen) atoms. The van der Waals surface area contributed by atoms with E-state index in [9.17, 15) is 19.8 Å². The van der Waals surface area contributed by atoms with Gasteiger partial charge in [-0.15, -0.1) is 0 Å². The quantitative estimate of drug-likeness (QED) is 0.619. The zero-order valence-corrected chi connectivity index (χ0v) is 11.4. The molecule has 2 rings (SSSR count). The van der Waals surface area contributed by atoms with Gasteiger partial charge in [-0.2, -0.15) is 0 Å². The summed E-state index contributed by atoms with van der Waals surface area (Å²) in [6.07, 6.45) is 0. The Morgan fingerprint density at radius 3 is 2.30 bits per heavy atom. The number of phenolic OH excluding ortho intramolecular Hbond substituents is 2. The molecule has 0 radical (unpaired) electrons. The number of nitrogens with zero attached hydrogens (tertiary/aromatic N) is 2. The van der Waals surface area contributed by atoms with E-state index < -0.39 is 0 Å². The Morgan fingerprint density at radius 1 is 1.10 bits per heavy atom. The fraction of sp³-hybridized carbons (Fsp3) is 0.429. The normalized spacial score (nSPS) is 16.1. The van der Waals surface area contributed by atoms with Crippen LogP contribution in [0.5, 0.6) is 11.5 Å². The fourth-order valence-corrected chi connectivity index (χ4v) is 2.21. The Labute approximate surface area is 117 Å². The van der Waals surface area contributed by atoms with Gasteiger partial charge in [0.2, 0.25) is 5.91 Å². The first-order chi connectivity index (χ1) is 9.47. The highest BCUT2D eigenvalue weighted by molar-refractivity contribution is 5.98. The van der Waals surface area contributed by atoms with E-state index >= 15 is 0 Å². The average Bonchev–Trinajstić information content (AvgIpc) is 2.42. The van der Waals surface area contributed by atoms with E-state index in [4.69, 9.17) is 0 Å². The van der Waals surface area contributed by atoms with Crippen LogP contribution < -0.4 is 0 Å². The summed E-state index contributed by atoms with van der Waals surface area (Å²) in [5.41, 5.74) is 0.370. The Hall–Kier alpha value is -2.08. The smallest absolute Gasteiger partial charge is 0.219 e. The molecule has 1 aliphatic heterocycles. The highest BCUT2D eigenvalue weighted by Gasteiger charge is 2.21. The highest BCUT2D eigenvalue weighted by atomic mass is 16.3. The molecule has 108 valence electrons.